The summed E-state index contributed by atoms with van der Waals surface area (Å²) in [6.45, 7) is 2.87. The third-order valence-corrected chi connectivity index (χ3v) is 4.13. The molecule has 2 nitrogen and oxygen atoms in total. The van der Waals surface area contributed by atoms with Crippen LogP contribution in [0.15, 0.2) is 72.8 Å². The fraction of sp³-hybridized carbons (Fsp3) is 0.143. The lowest BCUT2D eigenvalue weighted by Gasteiger charge is -2.10. The molecule has 0 aliphatic heterocycles. The molecule has 0 bridgehead atoms. The third-order valence-electron chi connectivity index (χ3n) is 4.13. The van der Waals surface area contributed by atoms with E-state index in [1.807, 2.05) is 6.07 Å². The number of rotatable bonds is 4. The molecule has 2 heteroatoms. The van der Waals surface area contributed by atoms with Gasteiger partial charge in [0, 0.05) is 22.5 Å². The van der Waals surface area contributed by atoms with Crippen molar-refractivity contribution >= 4 is 21.8 Å². The van der Waals surface area contributed by atoms with E-state index in [0.29, 0.717) is 0 Å². The zero-order valence-electron chi connectivity index (χ0n) is 13.2. The summed E-state index contributed by atoms with van der Waals surface area (Å²) in [5, 5.41) is 2.56. The predicted molar refractivity (Wildman–Crippen MR) is 96.6 cm³/mol. The quantitative estimate of drug-likeness (QED) is 0.480. The van der Waals surface area contributed by atoms with Crippen molar-refractivity contribution in [3.63, 3.8) is 0 Å². The van der Waals surface area contributed by atoms with Crippen molar-refractivity contribution in [3.8, 4) is 11.4 Å². The molecule has 4 aromatic rings. The summed E-state index contributed by atoms with van der Waals surface area (Å²) in [6, 6.07) is 25.4. The highest BCUT2D eigenvalue weighted by molar-refractivity contribution is 6.09. The van der Waals surface area contributed by atoms with Crippen LogP contribution >= 0.6 is 0 Å². The average molecular weight is 301 g/mol. The lowest BCUT2D eigenvalue weighted by molar-refractivity contribution is 0.317. The Kier molecular flexibility index (Phi) is 3.51. The van der Waals surface area contributed by atoms with Gasteiger partial charge in [-0.3, -0.25) is 0 Å². The summed E-state index contributed by atoms with van der Waals surface area (Å²) in [5.74, 6) is 0.922. The van der Waals surface area contributed by atoms with Crippen LogP contribution in [0.3, 0.4) is 0 Å². The van der Waals surface area contributed by atoms with Crippen LogP contribution in [0.1, 0.15) is 13.3 Å². The largest absolute Gasteiger partial charge is 0.494 e. The van der Waals surface area contributed by atoms with E-state index in [0.717, 1.165) is 24.5 Å². The Hall–Kier alpha value is -2.74. The van der Waals surface area contributed by atoms with E-state index in [2.05, 4.69) is 78.2 Å². The predicted octanol–water partition coefficient (Wildman–Crippen LogP) is 5.57. The SMILES string of the molecule is CCCOc1cccc(-n2c3ccccc3c3ccccc32)c1. The van der Waals surface area contributed by atoms with Gasteiger partial charge in [-0.05, 0) is 30.7 Å². The summed E-state index contributed by atoms with van der Waals surface area (Å²) < 4.78 is 8.11. The summed E-state index contributed by atoms with van der Waals surface area (Å²) in [5.41, 5.74) is 3.58. The molecule has 0 aliphatic rings. The van der Waals surface area contributed by atoms with Gasteiger partial charge >= 0.3 is 0 Å². The lowest BCUT2D eigenvalue weighted by Crippen LogP contribution is -1.97. The molecule has 1 heterocycles. The Morgan fingerprint density at radius 1 is 0.783 bits per heavy atom. The number of hydrogen-bond donors (Lipinski definition) is 0. The number of ether oxygens (including phenoxy) is 1. The van der Waals surface area contributed by atoms with Crippen molar-refractivity contribution in [2.24, 2.45) is 0 Å². The zero-order valence-corrected chi connectivity index (χ0v) is 13.2. The van der Waals surface area contributed by atoms with Crippen molar-refractivity contribution in [1.82, 2.24) is 4.57 Å². The second-order valence-corrected chi connectivity index (χ2v) is 5.72. The van der Waals surface area contributed by atoms with Gasteiger partial charge in [-0.2, -0.15) is 0 Å². The van der Waals surface area contributed by atoms with Gasteiger partial charge in [-0.1, -0.05) is 49.4 Å². The maximum atomic E-state index is 5.80. The Balaban J connectivity index is 1.97. The van der Waals surface area contributed by atoms with E-state index < -0.39 is 0 Å². The molecule has 4 rings (SSSR count). The van der Waals surface area contributed by atoms with Crippen LogP contribution in [0.5, 0.6) is 5.75 Å². The summed E-state index contributed by atoms with van der Waals surface area (Å²) in [7, 11) is 0. The Labute approximate surface area is 135 Å². The van der Waals surface area contributed by atoms with Gasteiger partial charge in [0.15, 0.2) is 0 Å². The smallest absolute Gasteiger partial charge is 0.121 e. The van der Waals surface area contributed by atoms with E-state index in [9.17, 15) is 0 Å². The highest BCUT2D eigenvalue weighted by atomic mass is 16.5. The van der Waals surface area contributed by atoms with Gasteiger partial charge in [-0.25, -0.2) is 0 Å². The molecule has 114 valence electrons. The minimum Gasteiger partial charge on any atom is -0.494 e. The van der Waals surface area contributed by atoms with Gasteiger partial charge in [0.2, 0.25) is 0 Å². The van der Waals surface area contributed by atoms with Crippen LogP contribution in [0.25, 0.3) is 27.5 Å². The van der Waals surface area contributed by atoms with Crippen LogP contribution in [0.4, 0.5) is 0 Å². The molecule has 0 aliphatic carbocycles. The summed E-state index contributed by atoms with van der Waals surface area (Å²) in [4.78, 5) is 0. The minimum atomic E-state index is 0.747. The molecule has 0 atom stereocenters. The number of benzene rings is 3. The van der Waals surface area contributed by atoms with Crippen molar-refractivity contribution in [3.05, 3.63) is 72.8 Å². The second kappa shape index (κ2) is 5.81. The van der Waals surface area contributed by atoms with Crippen molar-refractivity contribution in [2.45, 2.75) is 13.3 Å². The van der Waals surface area contributed by atoms with Gasteiger partial charge in [0.05, 0.1) is 17.6 Å². The van der Waals surface area contributed by atoms with Gasteiger partial charge in [-0.15, -0.1) is 0 Å². The van der Waals surface area contributed by atoms with Crippen LogP contribution in [-0.4, -0.2) is 11.2 Å². The Morgan fingerprint density at radius 3 is 2.09 bits per heavy atom. The van der Waals surface area contributed by atoms with Crippen LogP contribution < -0.4 is 4.74 Å². The zero-order chi connectivity index (χ0) is 15.6. The lowest BCUT2D eigenvalue weighted by atomic mass is 10.2. The topological polar surface area (TPSA) is 14.2 Å². The molecule has 0 amide bonds. The first-order valence-electron chi connectivity index (χ1n) is 8.10. The normalized spacial score (nSPS) is 11.2. The first kappa shape index (κ1) is 13.9. The molecule has 23 heavy (non-hydrogen) atoms. The molecule has 0 fully saturated rings. The van der Waals surface area contributed by atoms with E-state index in [1.54, 1.807) is 0 Å². The fourth-order valence-corrected chi connectivity index (χ4v) is 3.13. The third kappa shape index (κ3) is 2.36. The molecule has 0 saturated heterocycles. The van der Waals surface area contributed by atoms with Crippen LogP contribution in [0.2, 0.25) is 0 Å². The van der Waals surface area contributed by atoms with Crippen molar-refractivity contribution < 1.29 is 4.74 Å². The summed E-state index contributed by atoms with van der Waals surface area (Å²) >= 11 is 0. The van der Waals surface area contributed by atoms with E-state index in [1.165, 1.54) is 21.8 Å². The number of aromatic nitrogens is 1. The molecule has 3 aromatic carbocycles. The maximum absolute atomic E-state index is 5.80. The highest BCUT2D eigenvalue weighted by Crippen LogP contribution is 2.32. The number of fused-ring (bicyclic) bond motifs is 3. The Morgan fingerprint density at radius 2 is 1.43 bits per heavy atom. The minimum absolute atomic E-state index is 0.747. The highest BCUT2D eigenvalue weighted by Gasteiger charge is 2.11. The summed E-state index contributed by atoms with van der Waals surface area (Å²) in [6.07, 6.45) is 1.01. The van der Waals surface area contributed by atoms with Gasteiger partial charge < -0.3 is 9.30 Å². The molecule has 0 N–H and O–H groups in total. The molecule has 0 spiro atoms. The number of para-hydroxylation sites is 2. The number of hydrogen-bond acceptors (Lipinski definition) is 1. The number of nitrogens with zero attached hydrogens (tertiary/aromatic N) is 1. The van der Waals surface area contributed by atoms with Crippen LogP contribution in [0, 0.1) is 0 Å². The van der Waals surface area contributed by atoms with E-state index >= 15 is 0 Å². The van der Waals surface area contributed by atoms with Crippen LogP contribution in [-0.2, 0) is 0 Å². The molecule has 0 saturated carbocycles. The monoisotopic (exact) mass is 301 g/mol. The molecular formula is C21H19NO. The fourth-order valence-electron chi connectivity index (χ4n) is 3.13. The molecule has 1 aromatic heterocycles. The van der Waals surface area contributed by atoms with E-state index in [-0.39, 0.29) is 0 Å². The molecular weight excluding hydrogens is 282 g/mol. The molecule has 0 unspecified atom stereocenters. The first-order chi connectivity index (χ1) is 11.4. The van der Waals surface area contributed by atoms with Crippen molar-refractivity contribution in [2.75, 3.05) is 6.61 Å². The first-order valence-corrected chi connectivity index (χ1v) is 8.10. The molecule has 0 radical (unpaired) electrons. The second-order valence-electron chi connectivity index (χ2n) is 5.72. The Bertz CT molecular complexity index is 915. The maximum Gasteiger partial charge on any atom is 0.121 e. The van der Waals surface area contributed by atoms with E-state index in [4.69, 9.17) is 4.74 Å². The average Bonchev–Trinajstić information content (AvgIpc) is 2.95. The van der Waals surface area contributed by atoms with Gasteiger partial charge in [0.25, 0.3) is 0 Å². The standard InChI is InChI=1S/C21H19NO/c1-2-14-23-17-9-7-8-16(15-17)22-20-12-5-3-10-18(20)19-11-4-6-13-21(19)22/h3-13,15H,2,14H2,1H3. The van der Waals surface area contributed by atoms with Crippen molar-refractivity contribution in [1.29, 1.82) is 0 Å². The van der Waals surface area contributed by atoms with Gasteiger partial charge in [0.1, 0.15) is 5.75 Å².